The molecule has 2 aromatic rings. The molecule has 2 aromatic carbocycles. The molecule has 0 saturated carbocycles. The van der Waals surface area contributed by atoms with Crippen molar-refractivity contribution >= 4 is 11.9 Å². The number of aromatic hydroxyl groups is 2. The summed E-state index contributed by atoms with van der Waals surface area (Å²) in [5.41, 5.74) is -0.342. The maximum absolute atomic E-state index is 11.9. The number of carboxylic acid groups (broad SMARTS) is 2. The Morgan fingerprint density at radius 1 is 0.667 bits per heavy atom. The van der Waals surface area contributed by atoms with Crippen LogP contribution in [0.2, 0.25) is 0 Å². The van der Waals surface area contributed by atoms with Crippen LogP contribution in [-0.4, -0.2) is 32.4 Å². The van der Waals surface area contributed by atoms with Crippen molar-refractivity contribution in [3.05, 3.63) is 47.5 Å². The molecule has 0 saturated heterocycles. The molecule has 0 unspecified atom stereocenters. The maximum atomic E-state index is 11.9. The first kappa shape index (κ1) is 23.3. The van der Waals surface area contributed by atoms with Crippen molar-refractivity contribution in [1.82, 2.24) is 0 Å². The van der Waals surface area contributed by atoms with E-state index in [1.54, 1.807) is 77.9 Å². The van der Waals surface area contributed by atoms with Crippen molar-refractivity contribution in [2.45, 2.75) is 53.4 Å². The second-order valence-corrected chi connectivity index (χ2v) is 9.76. The van der Waals surface area contributed by atoms with Gasteiger partial charge < -0.3 is 20.4 Å². The lowest BCUT2D eigenvalue weighted by Gasteiger charge is -2.29. The van der Waals surface area contributed by atoms with E-state index < -0.39 is 34.6 Å². The number of hydrogen-bond donors (Lipinski definition) is 4. The van der Waals surface area contributed by atoms with Crippen LogP contribution in [0.15, 0.2) is 36.4 Å². The Balaban J connectivity index is 2.73. The molecule has 0 aliphatic rings. The summed E-state index contributed by atoms with van der Waals surface area (Å²) in [5, 5.41) is 41.4. The molecule has 0 aromatic heterocycles. The van der Waals surface area contributed by atoms with E-state index in [9.17, 15) is 30.0 Å². The molecule has 0 aliphatic carbocycles. The second-order valence-electron chi connectivity index (χ2n) is 9.76. The van der Waals surface area contributed by atoms with Crippen molar-refractivity contribution in [3.8, 4) is 22.6 Å². The summed E-state index contributed by atoms with van der Waals surface area (Å²) in [7, 11) is 0. The van der Waals surface area contributed by atoms with Crippen molar-refractivity contribution in [2.24, 2.45) is 10.8 Å². The summed E-state index contributed by atoms with van der Waals surface area (Å²) in [6.45, 7) is 10.6. The Kier molecular flexibility index (Phi) is 6.21. The minimum Gasteiger partial charge on any atom is -0.507 e. The average Bonchev–Trinajstić information content (AvgIpc) is 2.56. The first-order chi connectivity index (χ1) is 13.7. The van der Waals surface area contributed by atoms with E-state index in [4.69, 9.17) is 0 Å². The lowest BCUT2D eigenvalue weighted by atomic mass is 9.74. The summed E-state index contributed by atoms with van der Waals surface area (Å²) in [5.74, 6) is -4.55. The van der Waals surface area contributed by atoms with Crippen LogP contribution in [0.3, 0.4) is 0 Å². The molecule has 0 fully saturated rings. The van der Waals surface area contributed by atoms with Gasteiger partial charge in [0.2, 0.25) is 0 Å². The van der Waals surface area contributed by atoms with Gasteiger partial charge >= 0.3 is 11.9 Å². The third-order valence-corrected chi connectivity index (χ3v) is 5.27. The van der Waals surface area contributed by atoms with Crippen molar-refractivity contribution in [2.75, 3.05) is 0 Å². The normalized spacial score (nSPS) is 14.2. The molecule has 2 rings (SSSR count). The van der Waals surface area contributed by atoms with Gasteiger partial charge in [0.05, 0.1) is 11.8 Å². The van der Waals surface area contributed by atoms with E-state index in [1.165, 1.54) is 0 Å². The zero-order valence-corrected chi connectivity index (χ0v) is 18.2. The highest BCUT2D eigenvalue weighted by atomic mass is 16.4. The van der Waals surface area contributed by atoms with E-state index in [1.807, 2.05) is 0 Å². The van der Waals surface area contributed by atoms with Crippen LogP contribution >= 0.6 is 0 Å². The van der Waals surface area contributed by atoms with Gasteiger partial charge in [0.1, 0.15) is 11.5 Å². The Hall–Kier alpha value is -3.02. The molecule has 0 aliphatic heterocycles. The molecule has 6 nitrogen and oxygen atoms in total. The van der Waals surface area contributed by atoms with Crippen LogP contribution < -0.4 is 0 Å². The number of benzene rings is 2. The van der Waals surface area contributed by atoms with Gasteiger partial charge in [0.15, 0.2) is 0 Å². The minimum atomic E-state index is -1.06. The van der Waals surface area contributed by atoms with Gasteiger partial charge in [0, 0.05) is 22.3 Å². The van der Waals surface area contributed by atoms with Gasteiger partial charge in [0.25, 0.3) is 0 Å². The van der Waals surface area contributed by atoms with E-state index in [0.717, 1.165) is 0 Å². The minimum absolute atomic E-state index is 0.239. The summed E-state index contributed by atoms with van der Waals surface area (Å²) in [6.07, 6.45) is 0. The number of para-hydroxylation sites is 2. The third kappa shape index (κ3) is 4.42. The molecular formula is C24H30O6. The number of carbonyl (C=O) groups is 2. The smallest absolute Gasteiger partial charge is 0.311 e. The number of hydrogen-bond acceptors (Lipinski definition) is 4. The zero-order valence-electron chi connectivity index (χ0n) is 18.2. The number of phenolic OH excluding ortho intramolecular Hbond substituents is 2. The Morgan fingerprint density at radius 2 is 0.967 bits per heavy atom. The molecule has 0 bridgehead atoms. The highest BCUT2D eigenvalue weighted by molar-refractivity contribution is 5.85. The zero-order chi connectivity index (χ0) is 23.0. The van der Waals surface area contributed by atoms with E-state index in [-0.39, 0.29) is 33.8 Å². The number of carboxylic acids is 2. The highest BCUT2D eigenvalue weighted by Gasteiger charge is 2.37. The Morgan fingerprint density at radius 3 is 1.20 bits per heavy atom. The lowest BCUT2D eigenvalue weighted by Crippen LogP contribution is -2.26. The molecule has 0 heterocycles. The first-order valence-electron chi connectivity index (χ1n) is 9.77. The Bertz CT molecular complexity index is 883. The first-order valence-corrected chi connectivity index (χ1v) is 9.77. The summed E-state index contributed by atoms with van der Waals surface area (Å²) in [6, 6.07) is 9.50. The van der Waals surface area contributed by atoms with Crippen molar-refractivity contribution in [1.29, 1.82) is 0 Å². The highest BCUT2D eigenvalue weighted by Crippen LogP contribution is 2.47. The third-order valence-electron chi connectivity index (χ3n) is 5.27. The summed E-state index contributed by atoms with van der Waals surface area (Å²) < 4.78 is 0. The van der Waals surface area contributed by atoms with Crippen LogP contribution in [0, 0.1) is 10.8 Å². The fraction of sp³-hybridized carbons (Fsp3) is 0.417. The molecule has 6 heteroatoms. The molecular weight excluding hydrogens is 384 g/mol. The molecule has 162 valence electrons. The lowest BCUT2D eigenvalue weighted by molar-refractivity contribution is -0.142. The summed E-state index contributed by atoms with van der Waals surface area (Å²) in [4.78, 5) is 23.8. The molecule has 0 spiro atoms. The SMILES string of the molecule is CC(C)(C)[C@H](C(=O)O)c1cccc(-c2cccc([C@@H](C(=O)O)C(C)(C)C)c2O)c1O. The molecule has 0 radical (unpaired) electrons. The van der Waals surface area contributed by atoms with Crippen LogP contribution in [0.25, 0.3) is 11.1 Å². The Labute approximate surface area is 176 Å². The van der Waals surface area contributed by atoms with Crippen molar-refractivity contribution < 1.29 is 30.0 Å². The predicted molar refractivity (Wildman–Crippen MR) is 115 cm³/mol. The number of phenols is 2. The van der Waals surface area contributed by atoms with Crippen LogP contribution in [-0.2, 0) is 9.59 Å². The van der Waals surface area contributed by atoms with E-state index in [2.05, 4.69) is 0 Å². The van der Waals surface area contributed by atoms with Gasteiger partial charge in [-0.1, -0.05) is 77.9 Å². The molecule has 0 amide bonds. The van der Waals surface area contributed by atoms with Crippen molar-refractivity contribution in [3.63, 3.8) is 0 Å². The standard InChI is InChI=1S/C24H30O6/c1-23(2,3)17(21(27)28)15-11-7-9-13(19(15)25)14-10-8-12-16(20(14)26)18(22(29)30)24(4,5)6/h7-12,17-18,25-26H,1-6H3,(H,27,28)(H,29,30)/t17-,18-/m0/s1. The van der Waals surface area contributed by atoms with E-state index in [0.29, 0.717) is 0 Å². The number of aliphatic carboxylic acids is 2. The number of rotatable bonds is 5. The topological polar surface area (TPSA) is 115 Å². The van der Waals surface area contributed by atoms with E-state index >= 15 is 0 Å². The monoisotopic (exact) mass is 414 g/mol. The molecule has 4 N–H and O–H groups in total. The fourth-order valence-corrected chi connectivity index (χ4v) is 3.96. The van der Waals surface area contributed by atoms with Gasteiger partial charge in [-0.2, -0.15) is 0 Å². The maximum Gasteiger partial charge on any atom is 0.311 e. The van der Waals surface area contributed by atoms with Gasteiger partial charge in [-0.15, -0.1) is 0 Å². The second kappa shape index (κ2) is 8.01. The largest absolute Gasteiger partial charge is 0.507 e. The van der Waals surface area contributed by atoms with Gasteiger partial charge in [-0.3, -0.25) is 9.59 Å². The van der Waals surface area contributed by atoms with Crippen LogP contribution in [0.5, 0.6) is 11.5 Å². The fourth-order valence-electron chi connectivity index (χ4n) is 3.96. The van der Waals surface area contributed by atoms with Crippen LogP contribution in [0.4, 0.5) is 0 Å². The van der Waals surface area contributed by atoms with Gasteiger partial charge in [-0.05, 0) is 10.8 Å². The summed E-state index contributed by atoms with van der Waals surface area (Å²) >= 11 is 0. The quantitative estimate of drug-likeness (QED) is 0.535. The predicted octanol–water partition coefficient (Wildman–Crippen LogP) is 5.19. The molecule has 2 atom stereocenters. The van der Waals surface area contributed by atoms with Gasteiger partial charge in [-0.25, -0.2) is 0 Å². The molecule has 30 heavy (non-hydrogen) atoms. The average molecular weight is 414 g/mol. The van der Waals surface area contributed by atoms with Crippen LogP contribution in [0.1, 0.15) is 64.5 Å².